The molecule has 0 aliphatic heterocycles. The van der Waals surface area contributed by atoms with E-state index >= 15 is 0 Å². The highest BCUT2D eigenvalue weighted by Crippen LogP contribution is 2.24. The van der Waals surface area contributed by atoms with Gasteiger partial charge in [-0.05, 0) is 24.8 Å². The van der Waals surface area contributed by atoms with Crippen molar-refractivity contribution in [3.8, 4) is 5.88 Å². The zero-order valence-electron chi connectivity index (χ0n) is 12.0. The number of hydrogen-bond donors (Lipinski definition) is 2. The Morgan fingerprint density at radius 1 is 1.24 bits per heavy atom. The van der Waals surface area contributed by atoms with E-state index in [-0.39, 0.29) is 24.7 Å². The summed E-state index contributed by atoms with van der Waals surface area (Å²) in [4.78, 5) is 0. The van der Waals surface area contributed by atoms with E-state index < -0.39 is 12.6 Å². The number of nitrogens with two attached hydrogens (primary N) is 1. The summed E-state index contributed by atoms with van der Waals surface area (Å²) >= 11 is 0. The number of aryl methyl sites for hydroxylation is 1. The van der Waals surface area contributed by atoms with Crippen LogP contribution in [0.4, 0.5) is 13.2 Å². The summed E-state index contributed by atoms with van der Waals surface area (Å²) in [5, 5.41) is 15.4. The van der Waals surface area contributed by atoms with Gasteiger partial charge in [0.2, 0.25) is 5.88 Å². The molecule has 0 unspecified atom stereocenters. The van der Waals surface area contributed by atoms with E-state index in [0.29, 0.717) is 24.1 Å². The van der Waals surface area contributed by atoms with E-state index in [0.717, 1.165) is 5.56 Å². The maximum absolute atomic E-state index is 12.1. The summed E-state index contributed by atoms with van der Waals surface area (Å²) < 4.78 is 41.4. The number of rotatable bonds is 7. The van der Waals surface area contributed by atoms with Crippen molar-refractivity contribution in [2.24, 2.45) is 5.73 Å². The van der Waals surface area contributed by atoms with Crippen molar-refractivity contribution < 1.29 is 17.9 Å². The van der Waals surface area contributed by atoms with Gasteiger partial charge in [-0.1, -0.05) is 13.8 Å². The van der Waals surface area contributed by atoms with Crippen LogP contribution in [0.3, 0.4) is 0 Å². The predicted octanol–water partition coefficient (Wildman–Crippen LogP) is 2.61. The molecule has 0 atom stereocenters. The summed E-state index contributed by atoms with van der Waals surface area (Å²) in [7, 11) is 0. The fraction of sp³-hybridized carbons (Fsp3) is 0.615. The maximum Gasteiger partial charge on any atom is 0.389 e. The lowest BCUT2D eigenvalue weighted by Gasteiger charge is -2.15. The summed E-state index contributed by atoms with van der Waals surface area (Å²) in [5.74, 6) is -0.194. The lowest BCUT2D eigenvalue weighted by Crippen LogP contribution is -2.20. The zero-order valence-corrected chi connectivity index (χ0v) is 12.0. The van der Waals surface area contributed by atoms with Crippen LogP contribution in [0.15, 0.2) is 0 Å². The number of alkyl halides is 3. The first-order valence-corrected chi connectivity index (χ1v) is 6.72. The van der Waals surface area contributed by atoms with Gasteiger partial charge in [-0.15, -0.1) is 5.10 Å². The summed E-state index contributed by atoms with van der Waals surface area (Å²) in [6.45, 7) is 3.64. The summed E-state index contributed by atoms with van der Waals surface area (Å²) in [5.41, 5.74) is 7.34. The van der Waals surface area contributed by atoms with E-state index in [1.54, 1.807) is 0 Å². The Morgan fingerprint density at radius 3 is 2.38 bits per heavy atom. The molecule has 1 heterocycles. The quantitative estimate of drug-likeness (QED) is 0.460. The Kier molecular flexibility index (Phi) is 5.92. The van der Waals surface area contributed by atoms with Crippen LogP contribution >= 0.6 is 0 Å². The Morgan fingerprint density at radius 2 is 1.90 bits per heavy atom. The van der Waals surface area contributed by atoms with E-state index in [4.69, 9.17) is 15.9 Å². The van der Waals surface area contributed by atoms with Gasteiger partial charge in [-0.2, -0.15) is 18.3 Å². The van der Waals surface area contributed by atoms with Gasteiger partial charge in [-0.25, -0.2) is 0 Å². The van der Waals surface area contributed by atoms with Crippen LogP contribution in [0.2, 0.25) is 0 Å². The summed E-state index contributed by atoms with van der Waals surface area (Å²) in [6, 6.07) is 0. The van der Waals surface area contributed by atoms with Gasteiger partial charge in [0.25, 0.3) is 0 Å². The van der Waals surface area contributed by atoms with Gasteiger partial charge in [0.15, 0.2) is 0 Å². The van der Waals surface area contributed by atoms with Crippen LogP contribution in [0.5, 0.6) is 5.88 Å². The molecule has 0 saturated heterocycles. The molecule has 118 valence electrons. The number of ether oxygens (including phenoxy) is 1. The Hall–Kier alpha value is -1.86. The minimum atomic E-state index is -4.21. The predicted molar refractivity (Wildman–Crippen MR) is 72.6 cm³/mol. The fourth-order valence-electron chi connectivity index (χ4n) is 1.97. The number of aromatic nitrogens is 2. The lowest BCUT2D eigenvalue weighted by molar-refractivity contribution is -0.136. The van der Waals surface area contributed by atoms with Crippen molar-refractivity contribution in [1.82, 2.24) is 10.2 Å². The molecule has 3 N–H and O–H groups in total. The molecule has 0 spiro atoms. The minimum Gasteiger partial charge on any atom is -0.476 e. The van der Waals surface area contributed by atoms with E-state index in [1.165, 1.54) is 0 Å². The van der Waals surface area contributed by atoms with Gasteiger partial charge < -0.3 is 10.5 Å². The van der Waals surface area contributed by atoms with E-state index in [1.807, 2.05) is 13.8 Å². The van der Waals surface area contributed by atoms with Crippen LogP contribution in [0, 0.1) is 5.41 Å². The standard InChI is InChI=1S/C13H19F3N4O/c1-3-8-9(4-2)19-20-12(10(8)11(17)18)21-7-5-6-13(14,15)16/h3-7H2,1-2H3,(H3,17,18). The molecule has 1 aromatic heterocycles. The van der Waals surface area contributed by atoms with Crippen molar-refractivity contribution in [1.29, 1.82) is 5.41 Å². The smallest absolute Gasteiger partial charge is 0.389 e. The Bertz CT molecular complexity index is 503. The van der Waals surface area contributed by atoms with Gasteiger partial charge in [-0.3, -0.25) is 5.41 Å². The van der Waals surface area contributed by atoms with E-state index in [9.17, 15) is 13.2 Å². The Labute approximate surface area is 121 Å². The molecule has 21 heavy (non-hydrogen) atoms. The van der Waals surface area contributed by atoms with Crippen LogP contribution < -0.4 is 10.5 Å². The Balaban J connectivity index is 2.89. The van der Waals surface area contributed by atoms with Crippen molar-refractivity contribution >= 4 is 5.84 Å². The number of amidine groups is 1. The molecular weight excluding hydrogens is 285 g/mol. The van der Waals surface area contributed by atoms with Gasteiger partial charge in [0.05, 0.1) is 17.9 Å². The van der Waals surface area contributed by atoms with Gasteiger partial charge in [0.1, 0.15) is 5.84 Å². The molecule has 0 aliphatic carbocycles. The topological polar surface area (TPSA) is 84.9 Å². The lowest BCUT2D eigenvalue weighted by atomic mass is 10.0. The van der Waals surface area contributed by atoms with Crippen molar-refractivity contribution in [3.63, 3.8) is 0 Å². The molecule has 5 nitrogen and oxygen atoms in total. The monoisotopic (exact) mass is 304 g/mol. The second kappa shape index (κ2) is 7.24. The molecule has 0 bridgehead atoms. The molecule has 0 aliphatic rings. The number of halogens is 3. The molecule has 0 aromatic carbocycles. The number of nitrogens with one attached hydrogen (secondary N) is 1. The van der Waals surface area contributed by atoms with Gasteiger partial charge in [0, 0.05) is 6.42 Å². The summed E-state index contributed by atoms with van der Waals surface area (Å²) in [6.07, 6.45) is -4.10. The first kappa shape index (κ1) is 17.2. The number of nitrogens with zero attached hydrogens (tertiary/aromatic N) is 2. The molecule has 0 saturated carbocycles. The average molecular weight is 304 g/mol. The molecule has 0 fully saturated rings. The van der Waals surface area contributed by atoms with Crippen molar-refractivity contribution in [2.75, 3.05) is 6.61 Å². The highest BCUT2D eigenvalue weighted by atomic mass is 19.4. The maximum atomic E-state index is 12.1. The minimum absolute atomic E-state index is 0.0266. The van der Waals surface area contributed by atoms with Crippen molar-refractivity contribution in [3.05, 3.63) is 16.8 Å². The largest absolute Gasteiger partial charge is 0.476 e. The zero-order chi connectivity index (χ0) is 16.0. The molecule has 1 rings (SSSR count). The first-order valence-electron chi connectivity index (χ1n) is 6.72. The molecule has 1 aromatic rings. The number of nitrogen functional groups attached to an aromatic ring is 1. The SMILES string of the molecule is CCc1nnc(OCCCC(F)(F)F)c(C(=N)N)c1CC. The highest BCUT2D eigenvalue weighted by Gasteiger charge is 2.26. The molecular formula is C13H19F3N4O. The molecule has 0 amide bonds. The third-order valence-electron chi connectivity index (χ3n) is 2.93. The third kappa shape index (κ3) is 4.87. The number of hydrogen-bond acceptors (Lipinski definition) is 4. The normalized spacial score (nSPS) is 11.5. The van der Waals surface area contributed by atoms with Crippen LogP contribution in [0.25, 0.3) is 0 Å². The highest BCUT2D eigenvalue weighted by molar-refractivity contribution is 5.98. The third-order valence-corrected chi connectivity index (χ3v) is 2.93. The van der Waals surface area contributed by atoms with Crippen LogP contribution in [0.1, 0.15) is 43.5 Å². The first-order chi connectivity index (χ1) is 9.80. The molecule has 0 radical (unpaired) electrons. The van der Waals surface area contributed by atoms with Crippen LogP contribution in [-0.2, 0) is 12.8 Å². The molecule has 8 heteroatoms. The van der Waals surface area contributed by atoms with E-state index in [2.05, 4.69) is 10.2 Å². The second-order valence-corrected chi connectivity index (χ2v) is 4.49. The fourth-order valence-corrected chi connectivity index (χ4v) is 1.97. The second-order valence-electron chi connectivity index (χ2n) is 4.49. The van der Waals surface area contributed by atoms with Crippen LogP contribution in [-0.4, -0.2) is 28.8 Å². The average Bonchev–Trinajstić information content (AvgIpc) is 2.41. The van der Waals surface area contributed by atoms with Gasteiger partial charge >= 0.3 is 6.18 Å². The van der Waals surface area contributed by atoms with Crippen molar-refractivity contribution in [2.45, 2.75) is 45.7 Å².